The highest BCUT2D eigenvalue weighted by Gasteiger charge is 2.25. The van der Waals surface area contributed by atoms with Crippen molar-refractivity contribution in [1.29, 1.82) is 0 Å². The van der Waals surface area contributed by atoms with Gasteiger partial charge in [-0.1, -0.05) is 11.6 Å². The lowest BCUT2D eigenvalue weighted by atomic mass is 10.2. The first-order chi connectivity index (χ1) is 14.2. The van der Waals surface area contributed by atoms with Crippen LogP contribution in [0.2, 0.25) is 5.02 Å². The molecule has 9 nitrogen and oxygen atoms in total. The van der Waals surface area contributed by atoms with E-state index in [-0.39, 0.29) is 12.2 Å². The van der Waals surface area contributed by atoms with Gasteiger partial charge in [-0.05, 0) is 44.2 Å². The minimum Gasteiger partial charge on any atom is -0.328 e. The Balaban J connectivity index is 1.54. The Morgan fingerprint density at radius 1 is 1.40 bits per heavy atom. The third-order valence-electron chi connectivity index (χ3n) is 5.07. The van der Waals surface area contributed by atoms with E-state index in [0.29, 0.717) is 34.6 Å². The van der Waals surface area contributed by atoms with Gasteiger partial charge in [-0.25, -0.2) is 9.78 Å². The van der Waals surface area contributed by atoms with Crippen LogP contribution in [-0.2, 0) is 27.8 Å². The molecule has 160 valence electrons. The highest BCUT2D eigenvalue weighted by Crippen LogP contribution is 2.28. The zero-order valence-corrected chi connectivity index (χ0v) is 18.2. The molecule has 0 aliphatic heterocycles. The van der Waals surface area contributed by atoms with Crippen LogP contribution < -0.4 is 5.32 Å². The number of rotatable bonds is 7. The zero-order valence-electron chi connectivity index (χ0n) is 16.6. The van der Waals surface area contributed by atoms with Gasteiger partial charge in [0.1, 0.15) is 11.5 Å². The number of fused-ring (bicyclic) bond motifs is 1. The van der Waals surface area contributed by atoms with Crippen LogP contribution in [0.4, 0.5) is 4.79 Å². The van der Waals surface area contributed by atoms with Gasteiger partial charge in [0, 0.05) is 36.9 Å². The van der Waals surface area contributed by atoms with E-state index in [1.165, 1.54) is 0 Å². The largest absolute Gasteiger partial charge is 0.422 e. The van der Waals surface area contributed by atoms with Crippen LogP contribution in [0.1, 0.15) is 24.1 Å². The predicted molar refractivity (Wildman–Crippen MR) is 112 cm³/mol. The maximum Gasteiger partial charge on any atom is 0.422 e. The molecule has 1 aliphatic carbocycles. The Morgan fingerprint density at radius 2 is 2.17 bits per heavy atom. The van der Waals surface area contributed by atoms with Crippen molar-refractivity contribution in [2.45, 2.75) is 26.2 Å². The number of carbonyl (C=O) groups is 1. The molecular weight excluding hydrogens is 430 g/mol. The Labute approximate surface area is 179 Å². The molecule has 0 spiro atoms. The van der Waals surface area contributed by atoms with E-state index in [1.54, 1.807) is 17.9 Å². The van der Waals surface area contributed by atoms with Gasteiger partial charge in [0.25, 0.3) is 0 Å². The molecule has 1 aliphatic rings. The van der Waals surface area contributed by atoms with Crippen molar-refractivity contribution >= 4 is 38.8 Å². The molecule has 0 radical (unpaired) electrons. The van der Waals surface area contributed by atoms with Crippen LogP contribution in [0.5, 0.6) is 0 Å². The zero-order chi connectivity index (χ0) is 21.5. The topological polar surface area (TPSA) is 108 Å². The van der Waals surface area contributed by atoms with E-state index in [1.807, 2.05) is 29.8 Å². The van der Waals surface area contributed by atoms with E-state index in [9.17, 15) is 13.2 Å². The number of amides is 1. The average Bonchev–Trinajstić information content (AvgIpc) is 3.35. The summed E-state index contributed by atoms with van der Waals surface area (Å²) < 4.78 is 32.8. The number of nitrogens with one attached hydrogen (secondary N) is 1. The molecule has 0 unspecified atom stereocenters. The summed E-state index contributed by atoms with van der Waals surface area (Å²) in [7, 11) is -2.26. The lowest BCUT2D eigenvalue weighted by Gasteiger charge is -2.10. The van der Waals surface area contributed by atoms with E-state index >= 15 is 0 Å². The Kier molecular flexibility index (Phi) is 5.46. The molecule has 0 aromatic carbocycles. The first-order valence-electron chi connectivity index (χ1n) is 9.59. The molecule has 3 heterocycles. The highest BCUT2D eigenvalue weighted by atomic mass is 35.5. The Hall–Kier alpha value is -2.59. The van der Waals surface area contributed by atoms with Crippen LogP contribution in [0.25, 0.3) is 16.9 Å². The lowest BCUT2D eigenvalue weighted by Crippen LogP contribution is -2.29. The third kappa shape index (κ3) is 4.44. The molecule has 3 aromatic heterocycles. The molecule has 30 heavy (non-hydrogen) atoms. The van der Waals surface area contributed by atoms with Gasteiger partial charge in [0.05, 0.1) is 16.5 Å². The first-order valence-corrected chi connectivity index (χ1v) is 11.5. The summed E-state index contributed by atoms with van der Waals surface area (Å²) in [5, 5.41) is 8.32. The predicted octanol–water partition coefficient (Wildman–Crippen LogP) is 2.73. The van der Waals surface area contributed by atoms with Crippen LogP contribution >= 0.6 is 11.6 Å². The minimum atomic E-state index is -4.04. The van der Waals surface area contributed by atoms with E-state index < -0.39 is 16.2 Å². The fourth-order valence-corrected chi connectivity index (χ4v) is 4.41. The van der Waals surface area contributed by atoms with Crippen LogP contribution in [0.3, 0.4) is 0 Å². The van der Waals surface area contributed by atoms with Crippen molar-refractivity contribution in [2.24, 2.45) is 13.0 Å². The molecule has 0 saturated heterocycles. The second-order valence-corrected chi connectivity index (χ2v) is 9.60. The molecule has 0 bridgehead atoms. The third-order valence-corrected chi connectivity index (χ3v) is 6.39. The van der Waals surface area contributed by atoms with Gasteiger partial charge in [0.15, 0.2) is 0 Å². The van der Waals surface area contributed by atoms with Crippen LogP contribution in [-0.4, -0.2) is 46.1 Å². The summed E-state index contributed by atoms with van der Waals surface area (Å²) in [5.74, 6) is 0.786. The van der Waals surface area contributed by atoms with Crippen molar-refractivity contribution in [2.75, 3.05) is 12.3 Å². The first kappa shape index (κ1) is 20.7. The summed E-state index contributed by atoms with van der Waals surface area (Å²) >= 11 is 6.02. The van der Waals surface area contributed by atoms with Crippen LogP contribution in [0, 0.1) is 12.8 Å². The fraction of sp³-hybridized carbons (Fsp3) is 0.421. The number of nitrogens with zero attached hydrogens (tertiary/aromatic N) is 4. The van der Waals surface area contributed by atoms with Gasteiger partial charge in [0.2, 0.25) is 0 Å². The van der Waals surface area contributed by atoms with Crippen molar-refractivity contribution in [3.63, 3.8) is 0 Å². The second kappa shape index (κ2) is 7.92. The summed E-state index contributed by atoms with van der Waals surface area (Å²) in [4.78, 5) is 16.1. The fourth-order valence-electron chi connectivity index (χ4n) is 3.42. The van der Waals surface area contributed by atoms with Crippen molar-refractivity contribution < 1.29 is 17.4 Å². The number of aryl methyl sites for hydroxylation is 2. The second-order valence-electron chi connectivity index (χ2n) is 7.47. The monoisotopic (exact) mass is 451 g/mol. The van der Waals surface area contributed by atoms with Gasteiger partial charge in [-0.3, -0.25) is 9.25 Å². The SMILES string of the molecule is Cc1nn(C)c(-n2ccc3cc(Cl)cnc32)c1CCS(=O)(=O)OC(=O)NCC1CC1. The number of hydrogen-bond donors (Lipinski definition) is 1. The van der Waals surface area contributed by atoms with Crippen molar-refractivity contribution in [1.82, 2.24) is 24.6 Å². The quantitative estimate of drug-likeness (QED) is 0.553. The molecule has 11 heteroatoms. The smallest absolute Gasteiger partial charge is 0.328 e. The standard InChI is InChI=1S/C19H22ClN5O4S/c1-12-16(6-8-30(27,28)29-19(26)22-10-13-3-4-13)18(24(2)23-12)25-7-5-14-9-15(20)11-21-17(14)25/h5,7,9,11,13H,3-4,6,8,10H2,1-2H3,(H,22,26). The number of carbonyl (C=O) groups excluding carboxylic acids is 1. The average molecular weight is 452 g/mol. The maximum atomic E-state index is 12.3. The number of pyridine rings is 1. The van der Waals surface area contributed by atoms with Gasteiger partial charge in [-0.15, -0.1) is 0 Å². The number of hydrogen-bond acceptors (Lipinski definition) is 6. The lowest BCUT2D eigenvalue weighted by molar-refractivity contribution is 0.202. The Morgan fingerprint density at radius 3 is 2.90 bits per heavy atom. The molecule has 3 aromatic rings. The Bertz CT molecular complexity index is 1210. The minimum absolute atomic E-state index is 0.139. The van der Waals surface area contributed by atoms with E-state index in [4.69, 9.17) is 11.6 Å². The number of halogens is 1. The molecule has 1 amide bonds. The molecule has 1 saturated carbocycles. The molecule has 0 atom stereocenters. The van der Waals surface area contributed by atoms with Gasteiger partial charge >= 0.3 is 16.2 Å². The summed E-state index contributed by atoms with van der Waals surface area (Å²) in [5.41, 5.74) is 2.11. The highest BCUT2D eigenvalue weighted by molar-refractivity contribution is 7.87. The van der Waals surface area contributed by atoms with E-state index in [0.717, 1.165) is 23.8 Å². The number of aromatic nitrogens is 4. The van der Waals surface area contributed by atoms with Gasteiger partial charge < -0.3 is 9.50 Å². The normalized spacial score (nSPS) is 14.2. The van der Waals surface area contributed by atoms with Gasteiger partial charge in [-0.2, -0.15) is 13.5 Å². The summed E-state index contributed by atoms with van der Waals surface area (Å²) in [6.45, 7) is 2.25. The summed E-state index contributed by atoms with van der Waals surface area (Å²) in [6, 6.07) is 3.69. The molecule has 1 fully saturated rings. The van der Waals surface area contributed by atoms with E-state index in [2.05, 4.69) is 19.6 Å². The molecule has 4 rings (SSSR count). The summed E-state index contributed by atoms with van der Waals surface area (Å²) in [6.07, 6.45) is 4.70. The molecular formula is C19H22ClN5O4S. The van der Waals surface area contributed by atoms with Crippen molar-refractivity contribution in [3.05, 3.63) is 40.8 Å². The maximum absolute atomic E-state index is 12.3. The van der Waals surface area contributed by atoms with Crippen molar-refractivity contribution in [3.8, 4) is 5.82 Å². The van der Waals surface area contributed by atoms with Crippen LogP contribution in [0.15, 0.2) is 24.5 Å². The molecule has 1 N–H and O–H groups in total.